The molecule has 0 unspecified atom stereocenters. The Balaban J connectivity index is 1.54. The van der Waals surface area contributed by atoms with Crippen LogP contribution in [-0.4, -0.2) is 17.3 Å². The molecule has 2 aromatic rings. The monoisotopic (exact) mass is 287 g/mol. The lowest BCUT2D eigenvalue weighted by Gasteiger charge is -2.40. The van der Waals surface area contributed by atoms with Crippen molar-refractivity contribution in [2.24, 2.45) is 5.41 Å². The number of hydrogen-bond acceptors (Lipinski definition) is 3. The molecular weight excluding hydrogens is 262 g/mol. The molecule has 1 aliphatic carbocycles. The Kier molecular flexibility index (Phi) is 3.80. The molecule has 1 heterocycles. The molecule has 1 aliphatic rings. The molecule has 0 aliphatic heterocycles. The van der Waals surface area contributed by atoms with Crippen LogP contribution < -0.4 is 5.32 Å². The fraction of sp³-hybridized carbons (Fsp3) is 0.556. The quantitative estimate of drug-likeness (QED) is 0.897. The van der Waals surface area contributed by atoms with E-state index in [4.69, 9.17) is 4.42 Å². The highest BCUT2D eigenvalue weighted by molar-refractivity contribution is 5.77. The first-order chi connectivity index (χ1) is 9.96. The summed E-state index contributed by atoms with van der Waals surface area (Å²) < 4.78 is 5.78. The molecule has 1 aromatic heterocycles. The largest absolute Gasteiger partial charge is 0.460 e. The number of hydrogen-bond donors (Lipinski definition) is 2. The van der Waals surface area contributed by atoms with Gasteiger partial charge in [0.25, 0.3) is 0 Å². The van der Waals surface area contributed by atoms with Crippen LogP contribution in [0.5, 0.6) is 0 Å². The third-order valence-corrected chi connectivity index (χ3v) is 4.76. The molecule has 0 radical (unpaired) electrons. The van der Waals surface area contributed by atoms with E-state index in [2.05, 4.69) is 31.3 Å². The Morgan fingerprint density at radius 1 is 1.14 bits per heavy atom. The van der Waals surface area contributed by atoms with E-state index < -0.39 is 5.60 Å². The number of nitrogens with one attached hydrogen (secondary N) is 1. The van der Waals surface area contributed by atoms with Crippen LogP contribution in [0.4, 0.5) is 0 Å². The molecule has 3 nitrogen and oxygen atoms in total. The Hall–Kier alpha value is -1.32. The predicted molar refractivity (Wildman–Crippen MR) is 85.1 cm³/mol. The maximum atomic E-state index is 10.6. The van der Waals surface area contributed by atoms with Crippen LogP contribution in [0.3, 0.4) is 0 Å². The van der Waals surface area contributed by atoms with E-state index in [0.29, 0.717) is 18.5 Å². The summed E-state index contributed by atoms with van der Waals surface area (Å²) in [6.45, 7) is 5.88. The first-order valence-corrected chi connectivity index (χ1v) is 7.86. The topological polar surface area (TPSA) is 45.4 Å². The zero-order valence-corrected chi connectivity index (χ0v) is 13.0. The zero-order valence-electron chi connectivity index (χ0n) is 13.0. The van der Waals surface area contributed by atoms with E-state index in [1.165, 1.54) is 0 Å². The second kappa shape index (κ2) is 5.47. The van der Waals surface area contributed by atoms with Crippen molar-refractivity contribution in [2.45, 2.75) is 51.7 Å². The third-order valence-electron chi connectivity index (χ3n) is 4.76. The Bertz CT molecular complexity index is 571. The van der Waals surface area contributed by atoms with Crippen molar-refractivity contribution in [1.82, 2.24) is 5.32 Å². The molecule has 114 valence electrons. The molecule has 0 amide bonds. The average Bonchev–Trinajstić information content (AvgIpc) is 2.85. The van der Waals surface area contributed by atoms with E-state index in [0.717, 1.165) is 42.4 Å². The maximum absolute atomic E-state index is 10.6. The second-order valence-corrected chi connectivity index (χ2v) is 7.24. The molecule has 2 N–H and O–H groups in total. The zero-order chi connectivity index (χ0) is 14.9. The minimum Gasteiger partial charge on any atom is -0.460 e. The van der Waals surface area contributed by atoms with E-state index >= 15 is 0 Å². The highest BCUT2D eigenvalue weighted by atomic mass is 16.3. The van der Waals surface area contributed by atoms with Crippen LogP contribution in [0, 0.1) is 5.41 Å². The number of aliphatic hydroxyl groups is 1. The lowest BCUT2D eigenvalue weighted by molar-refractivity contribution is -0.0247. The predicted octanol–water partition coefficient (Wildman–Crippen LogP) is 3.85. The summed E-state index contributed by atoms with van der Waals surface area (Å²) in [7, 11) is 0. The molecule has 0 spiro atoms. The third kappa shape index (κ3) is 3.47. The summed E-state index contributed by atoms with van der Waals surface area (Å²) in [5.74, 6) is 0.927. The molecule has 0 saturated heterocycles. The molecule has 21 heavy (non-hydrogen) atoms. The van der Waals surface area contributed by atoms with Crippen molar-refractivity contribution in [1.29, 1.82) is 0 Å². The van der Waals surface area contributed by atoms with E-state index in [1.54, 1.807) is 0 Å². The van der Waals surface area contributed by atoms with Gasteiger partial charge in [0.2, 0.25) is 0 Å². The van der Waals surface area contributed by atoms with Gasteiger partial charge in [-0.15, -0.1) is 0 Å². The number of rotatable bonds is 4. The van der Waals surface area contributed by atoms with Crippen LogP contribution in [0.25, 0.3) is 11.0 Å². The van der Waals surface area contributed by atoms with Gasteiger partial charge >= 0.3 is 0 Å². The van der Waals surface area contributed by atoms with Gasteiger partial charge < -0.3 is 14.8 Å². The lowest BCUT2D eigenvalue weighted by atomic mass is 9.71. The maximum Gasteiger partial charge on any atom is 0.134 e. The smallest absolute Gasteiger partial charge is 0.134 e. The Labute approximate surface area is 126 Å². The van der Waals surface area contributed by atoms with Crippen LogP contribution >= 0.6 is 0 Å². The summed E-state index contributed by atoms with van der Waals surface area (Å²) in [4.78, 5) is 0. The van der Waals surface area contributed by atoms with Crippen molar-refractivity contribution < 1.29 is 9.52 Å². The molecule has 3 heteroatoms. The van der Waals surface area contributed by atoms with Crippen LogP contribution in [0.2, 0.25) is 0 Å². The average molecular weight is 287 g/mol. The fourth-order valence-electron chi connectivity index (χ4n) is 3.11. The minimum absolute atomic E-state index is 0.380. The van der Waals surface area contributed by atoms with Crippen molar-refractivity contribution in [3.8, 4) is 0 Å². The van der Waals surface area contributed by atoms with Crippen molar-refractivity contribution >= 4 is 11.0 Å². The van der Waals surface area contributed by atoms with Gasteiger partial charge in [-0.1, -0.05) is 32.0 Å². The van der Waals surface area contributed by atoms with E-state index in [9.17, 15) is 5.11 Å². The number of fused-ring (bicyclic) bond motifs is 1. The standard InChI is InChI=1S/C18H25NO2/c1-17(2)7-9-18(20,10-8-17)13-19-12-15-11-14-5-3-4-6-16(14)21-15/h3-6,11,19-20H,7-10,12-13H2,1-2H3. The van der Waals surface area contributed by atoms with Crippen LogP contribution in [0.15, 0.2) is 34.7 Å². The van der Waals surface area contributed by atoms with E-state index in [1.807, 2.05) is 18.2 Å². The summed E-state index contributed by atoms with van der Waals surface area (Å²) in [6, 6.07) is 10.1. The van der Waals surface area contributed by atoms with Gasteiger partial charge in [0, 0.05) is 11.9 Å². The summed E-state index contributed by atoms with van der Waals surface area (Å²) in [5, 5.41) is 15.1. The summed E-state index contributed by atoms with van der Waals surface area (Å²) in [6.07, 6.45) is 3.95. The van der Waals surface area contributed by atoms with Crippen molar-refractivity contribution in [2.75, 3.05) is 6.54 Å². The number of furan rings is 1. The van der Waals surface area contributed by atoms with Crippen LogP contribution in [0.1, 0.15) is 45.3 Å². The Morgan fingerprint density at radius 3 is 2.57 bits per heavy atom. The molecule has 1 aromatic carbocycles. The normalized spacial score (nSPS) is 20.7. The summed E-state index contributed by atoms with van der Waals surface area (Å²) >= 11 is 0. The van der Waals surface area contributed by atoms with Gasteiger partial charge in [-0.05, 0) is 43.2 Å². The molecule has 0 atom stereocenters. The SMILES string of the molecule is CC1(C)CCC(O)(CNCc2cc3ccccc3o2)CC1. The fourth-order valence-corrected chi connectivity index (χ4v) is 3.11. The van der Waals surface area contributed by atoms with Crippen molar-refractivity contribution in [3.05, 3.63) is 36.1 Å². The van der Waals surface area contributed by atoms with Gasteiger partial charge in [0.05, 0.1) is 12.1 Å². The van der Waals surface area contributed by atoms with Crippen LogP contribution in [-0.2, 0) is 6.54 Å². The number of para-hydroxylation sites is 1. The summed E-state index contributed by atoms with van der Waals surface area (Å²) in [5.41, 5.74) is 0.749. The first kappa shape index (κ1) is 14.6. The van der Waals surface area contributed by atoms with Gasteiger partial charge in [-0.25, -0.2) is 0 Å². The Morgan fingerprint density at radius 2 is 1.86 bits per heavy atom. The van der Waals surface area contributed by atoms with E-state index in [-0.39, 0.29) is 0 Å². The molecule has 1 saturated carbocycles. The lowest BCUT2D eigenvalue weighted by Crippen LogP contribution is -2.44. The first-order valence-electron chi connectivity index (χ1n) is 7.86. The molecular formula is C18H25NO2. The van der Waals surface area contributed by atoms with Gasteiger partial charge in [0.15, 0.2) is 0 Å². The van der Waals surface area contributed by atoms with Crippen molar-refractivity contribution in [3.63, 3.8) is 0 Å². The molecule has 3 rings (SSSR count). The highest BCUT2D eigenvalue weighted by Crippen LogP contribution is 2.39. The molecule has 1 fully saturated rings. The molecule has 0 bridgehead atoms. The second-order valence-electron chi connectivity index (χ2n) is 7.24. The van der Waals surface area contributed by atoms with Gasteiger partial charge in [0.1, 0.15) is 11.3 Å². The van der Waals surface area contributed by atoms with Gasteiger partial charge in [-0.2, -0.15) is 0 Å². The highest BCUT2D eigenvalue weighted by Gasteiger charge is 2.36. The van der Waals surface area contributed by atoms with Gasteiger partial charge in [-0.3, -0.25) is 0 Å². The minimum atomic E-state index is -0.554. The number of benzene rings is 1.